The first-order valence-corrected chi connectivity index (χ1v) is 8.66. The van der Waals surface area contributed by atoms with Crippen molar-refractivity contribution in [3.05, 3.63) is 35.9 Å². The summed E-state index contributed by atoms with van der Waals surface area (Å²) in [6.45, 7) is 7.25. The number of benzene rings is 1. The Kier molecular flexibility index (Phi) is 3.13. The van der Waals surface area contributed by atoms with Crippen molar-refractivity contribution in [3.8, 4) is 0 Å². The van der Waals surface area contributed by atoms with E-state index in [9.17, 15) is 5.11 Å². The quantitative estimate of drug-likeness (QED) is 0.819. The highest BCUT2D eigenvalue weighted by atomic mass is 32.1. The van der Waals surface area contributed by atoms with Crippen LogP contribution >= 0.6 is 12.2 Å². The van der Waals surface area contributed by atoms with Crippen molar-refractivity contribution >= 4 is 23.0 Å². The third kappa shape index (κ3) is 2.06. The lowest BCUT2D eigenvalue weighted by atomic mass is 9.84. The molecular weight excluding hydrogens is 306 g/mol. The Bertz CT molecular complexity index is 687. The number of nitrogens with zero attached hydrogens (tertiary/aromatic N) is 2. The third-order valence-electron chi connectivity index (χ3n) is 6.07. The molecule has 0 saturated heterocycles. The molecule has 2 fully saturated rings. The molecule has 0 unspecified atom stereocenters. The van der Waals surface area contributed by atoms with Gasteiger partial charge in [0.25, 0.3) is 0 Å². The van der Waals surface area contributed by atoms with Crippen molar-refractivity contribution in [3.63, 3.8) is 0 Å². The summed E-state index contributed by atoms with van der Waals surface area (Å²) in [4.78, 5) is 0. The molecule has 0 aromatic heterocycles. The van der Waals surface area contributed by atoms with Crippen LogP contribution in [0.15, 0.2) is 35.4 Å². The molecule has 3 aliphatic rings. The van der Waals surface area contributed by atoms with Gasteiger partial charge < -0.3 is 10.4 Å². The van der Waals surface area contributed by atoms with E-state index in [2.05, 4.69) is 36.4 Å². The molecule has 0 bridgehead atoms. The standard InChI is InChI=1S/C18H23N3OS/c1-11-14-15-13(17(15,2)3)9-18(14,22)21(20-11)16(23)19-10-12-7-5-4-6-8-12/h4-8,13-15,22H,9-10H2,1-3H3,(H,19,23)/t13-,14-,15-,18-/m1/s1. The van der Waals surface area contributed by atoms with Gasteiger partial charge in [0.2, 0.25) is 0 Å². The lowest BCUT2D eigenvalue weighted by Crippen LogP contribution is -2.53. The van der Waals surface area contributed by atoms with Gasteiger partial charge in [-0.15, -0.1) is 0 Å². The smallest absolute Gasteiger partial charge is 0.192 e. The number of hydrogen-bond acceptors (Lipinski definition) is 3. The van der Waals surface area contributed by atoms with Gasteiger partial charge in [-0.1, -0.05) is 44.2 Å². The molecule has 1 heterocycles. The fourth-order valence-corrected chi connectivity index (χ4v) is 5.04. The maximum absolute atomic E-state index is 11.2. The molecule has 2 N–H and O–H groups in total. The molecule has 122 valence electrons. The van der Waals surface area contributed by atoms with E-state index in [1.807, 2.05) is 25.1 Å². The Labute approximate surface area is 142 Å². The fourth-order valence-electron chi connectivity index (χ4n) is 4.77. The number of rotatable bonds is 2. The number of fused-ring (bicyclic) bond motifs is 3. The molecule has 5 heteroatoms. The van der Waals surface area contributed by atoms with Crippen molar-refractivity contribution in [2.75, 3.05) is 0 Å². The van der Waals surface area contributed by atoms with Gasteiger partial charge in [-0.3, -0.25) is 0 Å². The van der Waals surface area contributed by atoms with Crippen LogP contribution < -0.4 is 5.32 Å². The molecule has 1 aromatic carbocycles. The van der Waals surface area contributed by atoms with Gasteiger partial charge in [-0.2, -0.15) is 5.10 Å². The van der Waals surface area contributed by atoms with Crippen molar-refractivity contribution in [2.45, 2.75) is 39.5 Å². The first kappa shape index (κ1) is 15.1. The highest BCUT2D eigenvalue weighted by molar-refractivity contribution is 7.80. The van der Waals surface area contributed by atoms with Crippen LogP contribution in [0.1, 0.15) is 32.8 Å². The molecule has 0 amide bonds. The van der Waals surface area contributed by atoms with Gasteiger partial charge in [0.1, 0.15) is 0 Å². The summed E-state index contributed by atoms with van der Waals surface area (Å²) in [7, 11) is 0. The zero-order valence-electron chi connectivity index (χ0n) is 13.8. The van der Waals surface area contributed by atoms with E-state index in [4.69, 9.17) is 12.2 Å². The molecule has 4 nitrogen and oxygen atoms in total. The first-order valence-electron chi connectivity index (χ1n) is 8.25. The Hall–Kier alpha value is -1.46. The summed E-state index contributed by atoms with van der Waals surface area (Å²) in [6, 6.07) is 10.1. The second-order valence-electron chi connectivity index (χ2n) is 7.71. The minimum absolute atomic E-state index is 0.110. The first-order chi connectivity index (χ1) is 10.9. The Balaban J connectivity index is 1.49. The Morgan fingerprint density at radius 1 is 1.39 bits per heavy atom. The lowest BCUT2D eigenvalue weighted by molar-refractivity contribution is -0.0860. The lowest BCUT2D eigenvalue weighted by Gasteiger charge is -2.36. The van der Waals surface area contributed by atoms with Crippen LogP contribution in [0.4, 0.5) is 0 Å². The summed E-state index contributed by atoms with van der Waals surface area (Å²) >= 11 is 5.52. The molecule has 2 aliphatic carbocycles. The highest BCUT2D eigenvalue weighted by Crippen LogP contribution is 2.73. The molecule has 4 rings (SSSR count). The number of hydrogen-bond donors (Lipinski definition) is 2. The zero-order chi connectivity index (χ0) is 16.4. The number of hydrazone groups is 1. The monoisotopic (exact) mass is 329 g/mol. The normalized spacial score (nSPS) is 36.3. The molecule has 0 spiro atoms. The van der Waals surface area contributed by atoms with E-state index in [1.165, 1.54) is 0 Å². The summed E-state index contributed by atoms with van der Waals surface area (Å²) < 4.78 is 0. The van der Waals surface area contributed by atoms with Crippen LogP contribution in [0.5, 0.6) is 0 Å². The average Bonchev–Trinajstić information content (AvgIpc) is 2.83. The fraction of sp³-hybridized carbons (Fsp3) is 0.556. The van der Waals surface area contributed by atoms with Crippen LogP contribution in [-0.2, 0) is 6.54 Å². The van der Waals surface area contributed by atoms with E-state index in [1.54, 1.807) is 5.01 Å². The predicted octanol–water partition coefficient (Wildman–Crippen LogP) is 2.73. The maximum Gasteiger partial charge on any atom is 0.192 e. The molecule has 0 radical (unpaired) electrons. The molecule has 23 heavy (non-hydrogen) atoms. The van der Waals surface area contributed by atoms with Gasteiger partial charge in [-0.25, -0.2) is 5.01 Å². The molecule has 1 aliphatic heterocycles. The number of thiocarbonyl (C=S) groups is 1. The van der Waals surface area contributed by atoms with Crippen molar-refractivity contribution in [1.82, 2.24) is 10.3 Å². The van der Waals surface area contributed by atoms with Crippen LogP contribution in [0.3, 0.4) is 0 Å². The SMILES string of the molecule is CC1=NN(C(=S)NCc2ccccc2)[C@@]2(O)C[C@@H]3[C@H]([C@@H]12)C3(C)C. The third-order valence-corrected chi connectivity index (χ3v) is 6.39. The number of aliphatic hydroxyl groups is 1. The molecular formula is C18H23N3OS. The van der Waals surface area contributed by atoms with Crippen LogP contribution in [0.2, 0.25) is 0 Å². The molecule has 1 aromatic rings. The van der Waals surface area contributed by atoms with E-state index in [0.717, 1.165) is 17.7 Å². The maximum atomic E-state index is 11.2. The largest absolute Gasteiger partial charge is 0.368 e. The summed E-state index contributed by atoms with van der Waals surface area (Å²) in [5, 5.41) is 21.3. The second kappa shape index (κ2) is 4.77. The van der Waals surface area contributed by atoms with Crippen LogP contribution in [0.25, 0.3) is 0 Å². The van der Waals surface area contributed by atoms with Crippen molar-refractivity contribution < 1.29 is 5.11 Å². The zero-order valence-corrected chi connectivity index (χ0v) is 14.6. The minimum atomic E-state index is -0.935. The molecule has 2 saturated carbocycles. The summed E-state index contributed by atoms with van der Waals surface area (Å²) in [5.74, 6) is 1.21. The van der Waals surface area contributed by atoms with E-state index >= 15 is 0 Å². The van der Waals surface area contributed by atoms with Gasteiger partial charge in [-0.05, 0) is 42.0 Å². The molecule has 4 atom stereocenters. The van der Waals surface area contributed by atoms with E-state index in [0.29, 0.717) is 28.9 Å². The summed E-state index contributed by atoms with van der Waals surface area (Å²) in [6.07, 6.45) is 0.753. The predicted molar refractivity (Wildman–Crippen MR) is 94.6 cm³/mol. The minimum Gasteiger partial charge on any atom is -0.368 e. The Morgan fingerprint density at radius 3 is 2.78 bits per heavy atom. The van der Waals surface area contributed by atoms with Gasteiger partial charge in [0.05, 0.1) is 5.92 Å². The van der Waals surface area contributed by atoms with Gasteiger partial charge >= 0.3 is 0 Å². The van der Waals surface area contributed by atoms with Crippen molar-refractivity contribution in [2.24, 2.45) is 28.3 Å². The second-order valence-corrected chi connectivity index (χ2v) is 8.10. The van der Waals surface area contributed by atoms with E-state index < -0.39 is 5.72 Å². The van der Waals surface area contributed by atoms with E-state index in [-0.39, 0.29) is 5.92 Å². The Morgan fingerprint density at radius 2 is 2.09 bits per heavy atom. The summed E-state index contributed by atoms with van der Waals surface area (Å²) in [5.41, 5.74) is 1.56. The average molecular weight is 329 g/mol. The van der Waals surface area contributed by atoms with Gasteiger partial charge in [0.15, 0.2) is 10.8 Å². The van der Waals surface area contributed by atoms with Crippen molar-refractivity contribution in [1.29, 1.82) is 0 Å². The van der Waals surface area contributed by atoms with Crippen LogP contribution in [-0.4, -0.2) is 26.7 Å². The number of nitrogens with one attached hydrogen (secondary N) is 1. The van der Waals surface area contributed by atoms with Gasteiger partial charge in [0, 0.05) is 18.7 Å². The van der Waals surface area contributed by atoms with Crippen LogP contribution in [0, 0.1) is 23.2 Å². The highest BCUT2D eigenvalue weighted by Gasteiger charge is 2.75. The topological polar surface area (TPSA) is 47.9 Å².